The molecule has 10 heteroatoms. The van der Waals surface area contributed by atoms with E-state index in [9.17, 15) is 10.1 Å². The monoisotopic (exact) mass is 374 g/mol. The molecule has 0 bridgehead atoms. The zero-order chi connectivity index (χ0) is 16.1. The minimum absolute atomic E-state index is 0.0537. The SMILES string of the molecule is O=[N+]([O-])c1ccc(/C=N\NC(=S)Nc2ccc(Cl)c(Cl)c2)s1. The van der Waals surface area contributed by atoms with Crippen molar-refractivity contribution in [2.45, 2.75) is 0 Å². The first kappa shape index (κ1) is 16.6. The lowest BCUT2D eigenvalue weighted by atomic mass is 10.3. The topological polar surface area (TPSA) is 79.6 Å². The number of thiocarbonyl (C=S) groups is 1. The van der Waals surface area contributed by atoms with Gasteiger partial charge in [0.2, 0.25) is 0 Å². The Morgan fingerprint density at radius 1 is 1.32 bits per heavy atom. The largest absolute Gasteiger partial charge is 0.331 e. The Hall–Kier alpha value is -1.74. The number of anilines is 1. The lowest BCUT2D eigenvalue weighted by Gasteiger charge is -2.07. The standard InChI is InChI=1S/C12H8Cl2N4O2S2/c13-9-3-1-7(5-10(9)14)16-12(21)17-15-6-8-2-4-11(22-8)18(19)20/h1-6H,(H2,16,17,21)/b15-6-. The Labute approximate surface area is 144 Å². The van der Waals surface area contributed by atoms with E-state index in [1.807, 2.05) is 0 Å². The second-order valence-electron chi connectivity index (χ2n) is 3.89. The molecule has 1 aromatic heterocycles. The Morgan fingerprint density at radius 2 is 2.09 bits per heavy atom. The fraction of sp³-hybridized carbons (Fsp3) is 0. The minimum atomic E-state index is -0.452. The molecule has 6 nitrogen and oxygen atoms in total. The number of hydrazone groups is 1. The molecule has 1 aromatic carbocycles. The van der Waals surface area contributed by atoms with Crippen LogP contribution in [0.1, 0.15) is 4.88 Å². The van der Waals surface area contributed by atoms with Crippen molar-refractivity contribution < 1.29 is 4.92 Å². The summed E-state index contributed by atoms with van der Waals surface area (Å²) in [5.74, 6) is 0. The van der Waals surface area contributed by atoms with E-state index in [0.29, 0.717) is 20.6 Å². The van der Waals surface area contributed by atoms with Gasteiger partial charge in [-0.05, 0) is 36.5 Å². The summed E-state index contributed by atoms with van der Waals surface area (Å²) in [6.07, 6.45) is 1.44. The number of hydrogen-bond donors (Lipinski definition) is 2. The van der Waals surface area contributed by atoms with Crippen LogP contribution >= 0.6 is 46.8 Å². The second-order valence-corrected chi connectivity index (χ2v) is 6.20. The summed E-state index contributed by atoms with van der Waals surface area (Å²) in [7, 11) is 0. The number of benzene rings is 1. The van der Waals surface area contributed by atoms with Crippen molar-refractivity contribution in [3.8, 4) is 0 Å². The van der Waals surface area contributed by atoms with Gasteiger partial charge < -0.3 is 5.32 Å². The fourth-order valence-electron chi connectivity index (χ4n) is 1.40. The number of nitro groups is 1. The molecule has 2 N–H and O–H groups in total. The maximum absolute atomic E-state index is 10.6. The summed E-state index contributed by atoms with van der Waals surface area (Å²) < 4.78 is 0. The molecule has 0 aliphatic carbocycles. The third-order valence-corrected chi connectivity index (χ3v) is 4.23. The van der Waals surface area contributed by atoms with E-state index in [2.05, 4.69) is 15.8 Å². The number of nitrogens with one attached hydrogen (secondary N) is 2. The Bertz CT molecular complexity index is 748. The fourth-order valence-corrected chi connectivity index (χ4v) is 2.56. The first-order valence-electron chi connectivity index (χ1n) is 5.75. The minimum Gasteiger partial charge on any atom is -0.331 e. The molecule has 0 unspecified atom stereocenters. The molecule has 0 saturated carbocycles. The van der Waals surface area contributed by atoms with Crippen molar-refractivity contribution in [3.63, 3.8) is 0 Å². The van der Waals surface area contributed by atoms with Crippen LogP contribution in [0.3, 0.4) is 0 Å². The third-order valence-electron chi connectivity index (χ3n) is 2.33. The summed E-state index contributed by atoms with van der Waals surface area (Å²) in [5, 5.41) is 18.5. The molecule has 2 rings (SSSR count). The summed E-state index contributed by atoms with van der Waals surface area (Å²) >= 11 is 17.8. The van der Waals surface area contributed by atoms with Crippen molar-refractivity contribution in [1.82, 2.24) is 5.43 Å². The van der Waals surface area contributed by atoms with Crippen molar-refractivity contribution in [1.29, 1.82) is 0 Å². The molecule has 0 aliphatic heterocycles. The normalized spacial score (nSPS) is 10.6. The van der Waals surface area contributed by atoms with Gasteiger partial charge in [0, 0.05) is 11.8 Å². The molecule has 114 valence electrons. The predicted octanol–water partition coefficient (Wildman–Crippen LogP) is 4.28. The van der Waals surface area contributed by atoms with E-state index in [1.165, 1.54) is 12.3 Å². The van der Waals surface area contributed by atoms with Crippen LogP contribution in [0.2, 0.25) is 10.0 Å². The molecule has 0 amide bonds. The number of halogens is 2. The van der Waals surface area contributed by atoms with Crippen LogP contribution in [0.5, 0.6) is 0 Å². The van der Waals surface area contributed by atoms with E-state index in [4.69, 9.17) is 35.4 Å². The van der Waals surface area contributed by atoms with E-state index in [1.54, 1.807) is 24.3 Å². The molecule has 22 heavy (non-hydrogen) atoms. The van der Waals surface area contributed by atoms with E-state index < -0.39 is 4.92 Å². The number of hydrogen-bond acceptors (Lipinski definition) is 5. The highest BCUT2D eigenvalue weighted by Crippen LogP contribution is 2.25. The van der Waals surface area contributed by atoms with Gasteiger partial charge in [-0.2, -0.15) is 5.10 Å². The van der Waals surface area contributed by atoms with Crippen molar-refractivity contribution >= 4 is 68.8 Å². The molecule has 0 aliphatic rings. The van der Waals surface area contributed by atoms with Crippen LogP contribution < -0.4 is 10.7 Å². The molecule has 0 spiro atoms. The van der Waals surface area contributed by atoms with Gasteiger partial charge in [-0.3, -0.25) is 15.5 Å². The van der Waals surface area contributed by atoms with Crippen molar-refractivity contribution in [2.24, 2.45) is 5.10 Å². The Kier molecular flexibility index (Phi) is 5.67. The smallest absolute Gasteiger partial charge is 0.324 e. The van der Waals surface area contributed by atoms with Crippen LogP contribution in [0.25, 0.3) is 0 Å². The lowest BCUT2D eigenvalue weighted by Crippen LogP contribution is -2.23. The summed E-state index contributed by atoms with van der Waals surface area (Å²) in [4.78, 5) is 10.7. The summed E-state index contributed by atoms with van der Waals surface area (Å²) in [6, 6.07) is 8.00. The molecule has 0 saturated heterocycles. The van der Waals surface area contributed by atoms with Crippen LogP contribution in [0.4, 0.5) is 10.7 Å². The zero-order valence-electron chi connectivity index (χ0n) is 10.7. The maximum Gasteiger partial charge on any atom is 0.324 e. The van der Waals surface area contributed by atoms with Gasteiger partial charge in [0.1, 0.15) is 0 Å². The molecule has 1 heterocycles. The van der Waals surface area contributed by atoms with Crippen molar-refractivity contribution in [3.05, 3.63) is 55.4 Å². The van der Waals surface area contributed by atoms with Gasteiger partial charge >= 0.3 is 5.00 Å². The summed E-state index contributed by atoms with van der Waals surface area (Å²) in [5.41, 5.74) is 3.26. The number of nitrogens with zero attached hydrogens (tertiary/aromatic N) is 2. The molecule has 0 atom stereocenters. The van der Waals surface area contributed by atoms with Crippen LogP contribution in [0.15, 0.2) is 35.4 Å². The number of thiophene rings is 1. The average molecular weight is 375 g/mol. The third kappa shape index (κ3) is 4.63. The number of rotatable bonds is 4. The lowest BCUT2D eigenvalue weighted by molar-refractivity contribution is -0.380. The van der Waals surface area contributed by atoms with Crippen molar-refractivity contribution in [2.75, 3.05) is 5.32 Å². The quantitative estimate of drug-likeness (QED) is 0.361. The van der Waals surface area contributed by atoms with Crippen LogP contribution in [-0.4, -0.2) is 16.3 Å². The molecular formula is C12H8Cl2N4O2S2. The molecule has 0 fully saturated rings. The Morgan fingerprint density at radius 3 is 2.73 bits per heavy atom. The highest BCUT2D eigenvalue weighted by atomic mass is 35.5. The molecule has 0 radical (unpaired) electrons. The zero-order valence-corrected chi connectivity index (χ0v) is 13.9. The van der Waals surface area contributed by atoms with Gasteiger partial charge in [0.05, 0.1) is 26.1 Å². The van der Waals surface area contributed by atoms with Gasteiger partial charge in [0.15, 0.2) is 5.11 Å². The van der Waals surface area contributed by atoms with Gasteiger partial charge in [-0.25, -0.2) is 0 Å². The molecular weight excluding hydrogens is 367 g/mol. The van der Waals surface area contributed by atoms with Crippen LogP contribution in [0, 0.1) is 10.1 Å². The van der Waals surface area contributed by atoms with E-state index in [0.717, 1.165) is 11.3 Å². The Balaban J connectivity index is 1.90. The highest BCUT2D eigenvalue weighted by molar-refractivity contribution is 7.80. The van der Waals surface area contributed by atoms with Gasteiger partial charge in [-0.15, -0.1) is 0 Å². The van der Waals surface area contributed by atoms with E-state index in [-0.39, 0.29) is 10.1 Å². The summed E-state index contributed by atoms with van der Waals surface area (Å²) in [6.45, 7) is 0. The van der Waals surface area contributed by atoms with Gasteiger partial charge in [-0.1, -0.05) is 34.5 Å². The molecule has 2 aromatic rings. The maximum atomic E-state index is 10.6. The second kappa shape index (κ2) is 7.50. The first-order valence-corrected chi connectivity index (χ1v) is 7.73. The van der Waals surface area contributed by atoms with E-state index >= 15 is 0 Å². The highest BCUT2D eigenvalue weighted by Gasteiger charge is 2.08. The van der Waals surface area contributed by atoms with Crippen LogP contribution in [-0.2, 0) is 0 Å². The van der Waals surface area contributed by atoms with Gasteiger partial charge in [0.25, 0.3) is 0 Å². The average Bonchev–Trinajstić information content (AvgIpc) is 2.92. The first-order chi connectivity index (χ1) is 10.5. The predicted molar refractivity (Wildman–Crippen MR) is 94.4 cm³/mol.